The van der Waals surface area contributed by atoms with E-state index < -0.39 is 0 Å². The normalized spacial score (nSPS) is 25.8. The highest BCUT2D eigenvalue weighted by Crippen LogP contribution is 2.03. The maximum Gasteiger partial charge on any atom is 0.0933 e. The van der Waals surface area contributed by atoms with Gasteiger partial charge >= 0.3 is 0 Å². The van der Waals surface area contributed by atoms with Crippen LogP contribution in [0.2, 0.25) is 0 Å². The Balaban J connectivity index is 2.13. The second kappa shape index (κ2) is 4.21. The van der Waals surface area contributed by atoms with Crippen LogP contribution in [-0.2, 0) is 9.47 Å². The van der Waals surface area contributed by atoms with Gasteiger partial charge in [0, 0.05) is 12.1 Å². The summed E-state index contributed by atoms with van der Waals surface area (Å²) < 4.78 is 10.8. The molecule has 0 aromatic heterocycles. The summed E-state index contributed by atoms with van der Waals surface area (Å²) >= 11 is 0. The summed E-state index contributed by atoms with van der Waals surface area (Å²) in [6.45, 7) is 9.53. The Morgan fingerprint density at radius 2 is 2.08 bits per heavy atom. The van der Waals surface area contributed by atoms with Crippen LogP contribution in [0.1, 0.15) is 20.8 Å². The third kappa shape index (κ3) is 4.04. The monoisotopic (exact) mass is 173 g/mol. The van der Waals surface area contributed by atoms with Gasteiger partial charge in [0.15, 0.2) is 0 Å². The predicted octanol–water partition coefficient (Wildman–Crippen LogP) is 0.790. The van der Waals surface area contributed by atoms with Crippen molar-refractivity contribution >= 4 is 0 Å². The zero-order chi connectivity index (χ0) is 9.03. The first kappa shape index (κ1) is 9.96. The van der Waals surface area contributed by atoms with Crippen LogP contribution in [0, 0.1) is 0 Å². The fraction of sp³-hybridized carbons (Fsp3) is 1.00. The zero-order valence-corrected chi connectivity index (χ0v) is 8.22. The van der Waals surface area contributed by atoms with Crippen molar-refractivity contribution in [2.24, 2.45) is 0 Å². The summed E-state index contributed by atoms with van der Waals surface area (Å²) in [6.07, 6.45) is 0.234. The molecule has 0 radical (unpaired) electrons. The van der Waals surface area contributed by atoms with Gasteiger partial charge in [-0.25, -0.2) is 0 Å². The molecule has 1 unspecified atom stereocenters. The number of ether oxygens (including phenoxy) is 2. The first-order valence-corrected chi connectivity index (χ1v) is 4.52. The highest BCUT2D eigenvalue weighted by Gasteiger charge is 2.17. The number of rotatable bonds is 2. The molecule has 1 N–H and O–H groups in total. The Morgan fingerprint density at radius 1 is 1.33 bits per heavy atom. The topological polar surface area (TPSA) is 30.5 Å². The molecule has 1 rings (SSSR count). The third-order valence-electron chi connectivity index (χ3n) is 1.75. The van der Waals surface area contributed by atoms with Crippen LogP contribution >= 0.6 is 0 Å². The van der Waals surface area contributed by atoms with Crippen molar-refractivity contribution in [2.45, 2.75) is 32.4 Å². The van der Waals surface area contributed by atoms with E-state index >= 15 is 0 Å². The first-order valence-electron chi connectivity index (χ1n) is 4.52. The summed E-state index contributed by atoms with van der Waals surface area (Å²) in [5, 5.41) is 3.39. The lowest BCUT2D eigenvalue weighted by Crippen LogP contribution is -2.44. The van der Waals surface area contributed by atoms with E-state index in [-0.39, 0.29) is 11.6 Å². The van der Waals surface area contributed by atoms with E-state index in [1.165, 1.54) is 0 Å². The third-order valence-corrected chi connectivity index (χ3v) is 1.75. The maximum atomic E-state index is 5.49. The molecule has 0 saturated carbocycles. The number of nitrogens with one attached hydrogen (secondary N) is 1. The Morgan fingerprint density at radius 3 is 2.58 bits per heavy atom. The fourth-order valence-corrected chi connectivity index (χ4v) is 1.07. The Hall–Kier alpha value is -0.120. The molecule has 1 saturated heterocycles. The van der Waals surface area contributed by atoms with Crippen LogP contribution in [0.5, 0.6) is 0 Å². The SMILES string of the molecule is CC(C)(C)NCC1COCCO1. The summed E-state index contributed by atoms with van der Waals surface area (Å²) in [5.41, 5.74) is 0.167. The largest absolute Gasteiger partial charge is 0.376 e. The molecule has 1 aliphatic rings. The first-order chi connectivity index (χ1) is 5.58. The second-order valence-corrected chi connectivity index (χ2v) is 4.20. The lowest BCUT2D eigenvalue weighted by Gasteiger charge is -2.27. The van der Waals surface area contributed by atoms with Gasteiger partial charge in [-0.05, 0) is 20.8 Å². The van der Waals surface area contributed by atoms with Gasteiger partial charge in [-0.3, -0.25) is 0 Å². The zero-order valence-electron chi connectivity index (χ0n) is 8.22. The molecule has 1 aliphatic heterocycles. The molecule has 0 spiro atoms. The van der Waals surface area contributed by atoms with Crippen molar-refractivity contribution < 1.29 is 9.47 Å². The van der Waals surface area contributed by atoms with Crippen LogP contribution in [0.15, 0.2) is 0 Å². The molecule has 1 atom stereocenters. The maximum absolute atomic E-state index is 5.49. The van der Waals surface area contributed by atoms with E-state index in [1.54, 1.807) is 0 Å². The Labute approximate surface area is 74.4 Å². The average Bonchev–Trinajstić information content (AvgIpc) is 2.02. The van der Waals surface area contributed by atoms with Gasteiger partial charge in [-0.2, -0.15) is 0 Å². The van der Waals surface area contributed by atoms with E-state index in [9.17, 15) is 0 Å². The quantitative estimate of drug-likeness (QED) is 0.669. The molecule has 1 heterocycles. The summed E-state index contributed by atoms with van der Waals surface area (Å²) in [6, 6.07) is 0. The second-order valence-electron chi connectivity index (χ2n) is 4.20. The van der Waals surface area contributed by atoms with E-state index in [0.717, 1.165) is 26.4 Å². The minimum absolute atomic E-state index is 0.167. The summed E-state index contributed by atoms with van der Waals surface area (Å²) in [5.74, 6) is 0. The summed E-state index contributed by atoms with van der Waals surface area (Å²) in [4.78, 5) is 0. The van der Waals surface area contributed by atoms with Crippen molar-refractivity contribution in [3.8, 4) is 0 Å². The van der Waals surface area contributed by atoms with Gasteiger partial charge in [0.25, 0.3) is 0 Å². The van der Waals surface area contributed by atoms with E-state index in [0.29, 0.717) is 0 Å². The highest BCUT2D eigenvalue weighted by molar-refractivity contribution is 4.74. The van der Waals surface area contributed by atoms with Crippen molar-refractivity contribution in [1.82, 2.24) is 5.32 Å². The van der Waals surface area contributed by atoms with Gasteiger partial charge < -0.3 is 14.8 Å². The fourth-order valence-electron chi connectivity index (χ4n) is 1.07. The van der Waals surface area contributed by atoms with E-state index in [4.69, 9.17) is 9.47 Å². The molecule has 72 valence electrons. The van der Waals surface area contributed by atoms with E-state index in [1.807, 2.05) is 0 Å². The molecule has 3 heteroatoms. The number of hydrogen-bond donors (Lipinski definition) is 1. The van der Waals surface area contributed by atoms with Crippen molar-refractivity contribution in [3.63, 3.8) is 0 Å². The molecular formula is C9H19NO2. The van der Waals surface area contributed by atoms with Crippen molar-refractivity contribution in [3.05, 3.63) is 0 Å². The van der Waals surface area contributed by atoms with Crippen molar-refractivity contribution in [2.75, 3.05) is 26.4 Å². The molecule has 0 aromatic rings. The molecule has 1 fully saturated rings. The molecule has 3 nitrogen and oxygen atoms in total. The minimum Gasteiger partial charge on any atom is -0.376 e. The Bertz CT molecular complexity index is 125. The van der Waals surface area contributed by atoms with Gasteiger partial charge in [0.05, 0.1) is 25.9 Å². The predicted molar refractivity (Wildman–Crippen MR) is 48.3 cm³/mol. The van der Waals surface area contributed by atoms with Gasteiger partial charge in [-0.1, -0.05) is 0 Å². The Kier molecular flexibility index (Phi) is 3.50. The van der Waals surface area contributed by atoms with E-state index in [2.05, 4.69) is 26.1 Å². The van der Waals surface area contributed by atoms with Gasteiger partial charge in [-0.15, -0.1) is 0 Å². The molecule has 0 bridgehead atoms. The van der Waals surface area contributed by atoms with Crippen LogP contribution in [0.3, 0.4) is 0 Å². The lowest BCUT2D eigenvalue weighted by molar-refractivity contribution is -0.0878. The molecule has 0 aliphatic carbocycles. The molecular weight excluding hydrogens is 154 g/mol. The van der Waals surface area contributed by atoms with Crippen LogP contribution in [0.25, 0.3) is 0 Å². The average molecular weight is 173 g/mol. The van der Waals surface area contributed by atoms with Crippen LogP contribution in [-0.4, -0.2) is 38.0 Å². The smallest absolute Gasteiger partial charge is 0.0933 e. The van der Waals surface area contributed by atoms with Crippen LogP contribution in [0.4, 0.5) is 0 Å². The standard InChI is InChI=1S/C9H19NO2/c1-9(2,3)10-6-8-7-11-4-5-12-8/h8,10H,4-7H2,1-3H3. The summed E-state index contributed by atoms with van der Waals surface area (Å²) in [7, 11) is 0. The van der Waals surface area contributed by atoms with Crippen molar-refractivity contribution in [1.29, 1.82) is 0 Å². The molecule has 0 aromatic carbocycles. The minimum atomic E-state index is 0.167. The van der Waals surface area contributed by atoms with Crippen LogP contribution < -0.4 is 5.32 Å². The van der Waals surface area contributed by atoms with Gasteiger partial charge in [0.2, 0.25) is 0 Å². The highest BCUT2D eigenvalue weighted by atomic mass is 16.6. The lowest BCUT2D eigenvalue weighted by atomic mass is 10.1. The molecule has 12 heavy (non-hydrogen) atoms. The van der Waals surface area contributed by atoms with Gasteiger partial charge in [0.1, 0.15) is 0 Å². The number of hydrogen-bond acceptors (Lipinski definition) is 3. The molecule has 0 amide bonds.